The van der Waals surface area contributed by atoms with Crippen LogP contribution in [0.2, 0.25) is 10.2 Å². The maximum atomic E-state index is 5.79. The summed E-state index contributed by atoms with van der Waals surface area (Å²) >= 11 is 15.8. The fraction of sp³-hybridized carbons (Fsp3) is 0.286. The van der Waals surface area contributed by atoms with Crippen LogP contribution in [0.15, 0.2) is 6.07 Å². The Morgan fingerprint density at radius 1 is 1.25 bits per heavy atom. The molecule has 0 amide bonds. The van der Waals surface area contributed by atoms with Gasteiger partial charge in [-0.3, -0.25) is 0 Å². The zero-order valence-electron chi connectivity index (χ0n) is 6.54. The maximum Gasteiger partial charge on any atom is 0.133 e. The van der Waals surface area contributed by atoms with Crippen LogP contribution in [0.5, 0.6) is 0 Å². The molecule has 12 heavy (non-hydrogen) atoms. The van der Waals surface area contributed by atoms with Gasteiger partial charge in [0.1, 0.15) is 5.15 Å². The molecule has 0 fully saturated rings. The minimum atomic E-state index is 0.491. The number of nitrogens with zero attached hydrogens (tertiary/aromatic N) is 1. The predicted molar refractivity (Wildman–Crippen MR) is 71.8 cm³/mol. The first-order valence-corrected chi connectivity index (χ1v) is 10.1. The summed E-state index contributed by atoms with van der Waals surface area (Å²) in [6, 6.07) is 1.79. The third kappa shape index (κ3) is 3.93. The highest BCUT2D eigenvalue weighted by Crippen LogP contribution is 2.21. The summed E-state index contributed by atoms with van der Waals surface area (Å²) in [5.74, 6) is 0. The quantitative estimate of drug-likeness (QED) is 0.427. The van der Waals surface area contributed by atoms with E-state index >= 15 is 0 Å². The Kier molecular flexibility index (Phi) is 7.27. The van der Waals surface area contributed by atoms with Crippen molar-refractivity contribution in [3.05, 3.63) is 27.5 Å². The molecule has 5 heteroatoms. The van der Waals surface area contributed by atoms with E-state index in [4.69, 9.17) is 23.2 Å². The fourth-order valence-corrected chi connectivity index (χ4v) is 1.19. The zero-order chi connectivity index (χ0) is 9.72. The van der Waals surface area contributed by atoms with Gasteiger partial charge in [0, 0.05) is 53.5 Å². The lowest BCUT2D eigenvalue weighted by Crippen LogP contribution is -1.85. The first kappa shape index (κ1) is 13.2. The van der Waals surface area contributed by atoms with Crippen LogP contribution in [0.25, 0.3) is 0 Å². The van der Waals surface area contributed by atoms with E-state index in [9.17, 15) is 0 Å². The van der Waals surface area contributed by atoms with Crippen LogP contribution in [-0.2, 0) is 0 Å². The van der Waals surface area contributed by atoms with E-state index in [0.29, 0.717) is 10.2 Å². The van der Waals surface area contributed by atoms with Gasteiger partial charge in [0.25, 0.3) is 0 Å². The second-order valence-corrected chi connectivity index (χ2v) is 2.93. The summed E-state index contributed by atoms with van der Waals surface area (Å²) in [5.41, 5.74) is 1.69. The standard InChI is InChI=1S/C7H7Cl2N.I2/c1-4-3-6(8)5(2)7(9)10-4;1-2/h3H,1-2H3;. The second-order valence-electron chi connectivity index (χ2n) is 2.16. The lowest BCUT2D eigenvalue weighted by Gasteiger charge is -2.00. The molecule has 0 spiro atoms. The highest BCUT2D eigenvalue weighted by atomic mass is 128. The van der Waals surface area contributed by atoms with Gasteiger partial charge in [-0.05, 0) is 19.9 Å². The van der Waals surface area contributed by atoms with E-state index < -0.39 is 0 Å². The van der Waals surface area contributed by atoms with Gasteiger partial charge in [-0.25, -0.2) is 4.98 Å². The predicted octanol–water partition coefficient (Wildman–Crippen LogP) is 4.78. The van der Waals surface area contributed by atoms with Gasteiger partial charge >= 0.3 is 0 Å². The molecule has 68 valence electrons. The molecule has 1 heterocycles. The minimum Gasteiger partial charge on any atom is -0.241 e. The zero-order valence-corrected chi connectivity index (χ0v) is 12.4. The molecule has 0 aliphatic heterocycles. The van der Waals surface area contributed by atoms with Gasteiger partial charge in [-0.15, -0.1) is 0 Å². The normalized spacial score (nSPS) is 8.83. The van der Waals surface area contributed by atoms with Gasteiger partial charge < -0.3 is 0 Å². The largest absolute Gasteiger partial charge is 0.241 e. The molecule has 0 aromatic carbocycles. The first-order chi connectivity index (χ1) is 5.61. The molecule has 1 nitrogen and oxygen atoms in total. The first-order valence-electron chi connectivity index (χ1n) is 3.05. The number of rotatable bonds is 0. The van der Waals surface area contributed by atoms with E-state index in [2.05, 4.69) is 42.2 Å². The minimum absolute atomic E-state index is 0.491. The van der Waals surface area contributed by atoms with Gasteiger partial charge in [-0.2, -0.15) is 0 Å². The number of halogens is 4. The average Bonchev–Trinajstić information content (AvgIpc) is 2.04. The third-order valence-electron chi connectivity index (χ3n) is 1.28. The highest BCUT2D eigenvalue weighted by molar-refractivity contribution is 15.0. The second kappa shape index (κ2) is 6.62. The average molecular weight is 430 g/mol. The van der Waals surface area contributed by atoms with Crippen LogP contribution in [0.3, 0.4) is 0 Å². The van der Waals surface area contributed by atoms with E-state index in [1.54, 1.807) is 6.07 Å². The maximum absolute atomic E-state index is 5.79. The van der Waals surface area contributed by atoms with Crippen molar-refractivity contribution >= 4 is 60.4 Å². The number of pyridine rings is 1. The Morgan fingerprint density at radius 2 is 1.75 bits per heavy atom. The van der Waals surface area contributed by atoms with Crippen LogP contribution >= 0.6 is 60.4 Å². The summed E-state index contributed by atoms with van der Waals surface area (Å²) in [6.07, 6.45) is 0. The van der Waals surface area contributed by atoms with Crippen molar-refractivity contribution in [3.63, 3.8) is 0 Å². The molecule has 0 unspecified atom stereocenters. The van der Waals surface area contributed by atoms with Gasteiger partial charge in [0.2, 0.25) is 0 Å². The van der Waals surface area contributed by atoms with Crippen molar-refractivity contribution in [2.75, 3.05) is 0 Å². The van der Waals surface area contributed by atoms with Gasteiger partial charge in [-0.1, -0.05) is 23.2 Å². The van der Waals surface area contributed by atoms with Crippen molar-refractivity contribution in [2.24, 2.45) is 0 Å². The molecule has 1 aromatic heterocycles. The van der Waals surface area contributed by atoms with Crippen molar-refractivity contribution in [1.29, 1.82) is 0 Å². The van der Waals surface area contributed by atoms with E-state index in [1.807, 2.05) is 13.8 Å². The van der Waals surface area contributed by atoms with Crippen LogP contribution in [0.1, 0.15) is 11.3 Å². The SMILES string of the molecule is Cc1cc(Cl)c(C)c(Cl)n1.II. The molecule has 0 saturated heterocycles. The van der Waals surface area contributed by atoms with Crippen molar-refractivity contribution < 1.29 is 0 Å². The van der Waals surface area contributed by atoms with Crippen LogP contribution < -0.4 is 0 Å². The van der Waals surface area contributed by atoms with Crippen LogP contribution in [0.4, 0.5) is 0 Å². The Hall–Kier alpha value is 1.19. The van der Waals surface area contributed by atoms with Crippen molar-refractivity contribution in [3.8, 4) is 0 Å². The summed E-state index contributed by atoms with van der Waals surface area (Å²) in [4.78, 5) is 4.01. The number of hydrogen-bond donors (Lipinski definition) is 0. The molecular weight excluding hydrogens is 423 g/mol. The van der Waals surface area contributed by atoms with Crippen molar-refractivity contribution in [2.45, 2.75) is 13.8 Å². The molecule has 1 rings (SSSR count). The molecule has 0 radical (unpaired) electrons. The smallest absolute Gasteiger partial charge is 0.133 e. The molecule has 0 saturated carbocycles. The number of aryl methyl sites for hydroxylation is 1. The molecule has 1 aromatic rings. The van der Waals surface area contributed by atoms with E-state index in [0.717, 1.165) is 11.3 Å². The fourth-order valence-electron chi connectivity index (χ4n) is 0.661. The Balaban J connectivity index is 0.000000561. The molecule has 0 bridgehead atoms. The van der Waals surface area contributed by atoms with Gasteiger partial charge in [0.05, 0.1) is 0 Å². The topological polar surface area (TPSA) is 12.9 Å². The summed E-state index contributed by atoms with van der Waals surface area (Å²) < 4.78 is 0. The summed E-state index contributed by atoms with van der Waals surface area (Å²) in [5, 5.41) is 1.17. The summed E-state index contributed by atoms with van der Waals surface area (Å²) in [6.45, 7) is 3.70. The Labute approximate surface area is 106 Å². The summed E-state index contributed by atoms with van der Waals surface area (Å²) in [7, 11) is 0. The molecule has 0 N–H and O–H groups in total. The number of hydrogen-bond acceptors (Lipinski definition) is 1. The monoisotopic (exact) mass is 429 g/mol. The van der Waals surface area contributed by atoms with E-state index in [-0.39, 0.29) is 0 Å². The number of aromatic nitrogens is 1. The lowest BCUT2D eigenvalue weighted by molar-refractivity contribution is 1.17. The highest BCUT2D eigenvalue weighted by Gasteiger charge is 2.01. The van der Waals surface area contributed by atoms with E-state index in [1.165, 1.54) is 0 Å². The lowest BCUT2D eigenvalue weighted by atomic mass is 10.3. The molecule has 0 atom stereocenters. The van der Waals surface area contributed by atoms with Crippen molar-refractivity contribution in [1.82, 2.24) is 4.98 Å². The molecular formula is C7H7Cl2I2N. The van der Waals surface area contributed by atoms with Crippen LogP contribution in [0, 0.1) is 13.8 Å². The Bertz CT molecular complexity index is 243. The molecule has 0 aliphatic carbocycles. The van der Waals surface area contributed by atoms with Gasteiger partial charge in [0.15, 0.2) is 0 Å². The molecule has 0 aliphatic rings. The van der Waals surface area contributed by atoms with Crippen LogP contribution in [-0.4, -0.2) is 4.98 Å². The Morgan fingerprint density at radius 3 is 2.17 bits per heavy atom. The third-order valence-corrected chi connectivity index (χ3v) is 2.04.